The smallest absolute Gasteiger partial charge is 0.284 e. The lowest BCUT2D eigenvalue weighted by Crippen LogP contribution is -2.09. The topological polar surface area (TPSA) is 95.5 Å². The van der Waals surface area contributed by atoms with Crippen molar-refractivity contribution in [2.24, 2.45) is 0 Å². The van der Waals surface area contributed by atoms with Gasteiger partial charge in [-0.3, -0.25) is 14.9 Å². The number of carbonyl (C=O) groups excluding carboxylic acids is 1. The number of methoxy groups -OCH3 is 1. The van der Waals surface area contributed by atoms with Gasteiger partial charge in [0, 0.05) is 6.07 Å². The number of Topliss-reactive ketones (excluding diaryl/α,β-unsaturated/α-hetero) is 1. The van der Waals surface area contributed by atoms with E-state index < -0.39 is 10.7 Å². The van der Waals surface area contributed by atoms with Gasteiger partial charge in [0.2, 0.25) is 0 Å². The number of halogens is 1. The predicted octanol–water partition coefficient (Wildman–Crippen LogP) is 1.76. The number of nitrogen functional groups attached to an aromatic ring is 1. The summed E-state index contributed by atoms with van der Waals surface area (Å²) in [6.45, 7) is 0. The number of anilines is 1. The van der Waals surface area contributed by atoms with E-state index in [1.807, 2.05) is 0 Å². The maximum absolute atomic E-state index is 11.6. The molecule has 0 fully saturated rings. The van der Waals surface area contributed by atoms with Gasteiger partial charge in [-0.1, -0.05) is 15.9 Å². The van der Waals surface area contributed by atoms with Crippen molar-refractivity contribution in [1.82, 2.24) is 0 Å². The van der Waals surface area contributed by atoms with Gasteiger partial charge in [-0.2, -0.15) is 0 Å². The van der Waals surface area contributed by atoms with Crippen molar-refractivity contribution < 1.29 is 14.5 Å². The second-order valence-corrected chi connectivity index (χ2v) is 3.46. The van der Waals surface area contributed by atoms with Crippen LogP contribution in [0.25, 0.3) is 0 Å². The molecule has 0 amide bonds. The summed E-state index contributed by atoms with van der Waals surface area (Å²) in [5.74, 6) is -0.408. The molecule has 0 unspecified atom stereocenters. The van der Waals surface area contributed by atoms with Crippen molar-refractivity contribution >= 4 is 33.1 Å². The van der Waals surface area contributed by atoms with Gasteiger partial charge in [-0.15, -0.1) is 0 Å². The van der Waals surface area contributed by atoms with E-state index in [2.05, 4.69) is 15.9 Å². The van der Waals surface area contributed by atoms with E-state index in [0.717, 1.165) is 0 Å². The number of alkyl halides is 1. The number of nitro groups is 1. The summed E-state index contributed by atoms with van der Waals surface area (Å²) in [4.78, 5) is 21.7. The summed E-state index contributed by atoms with van der Waals surface area (Å²) in [5, 5.41) is 10.7. The minimum Gasteiger partial charge on any atom is -0.494 e. The van der Waals surface area contributed by atoms with E-state index >= 15 is 0 Å². The Morgan fingerprint density at radius 2 is 2.25 bits per heavy atom. The molecule has 0 radical (unpaired) electrons. The number of hydrogen-bond donors (Lipinski definition) is 1. The molecule has 0 heterocycles. The monoisotopic (exact) mass is 288 g/mol. The largest absolute Gasteiger partial charge is 0.494 e. The van der Waals surface area contributed by atoms with Crippen LogP contribution in [-0.4, -0.2) is 23.1 Å². The number of ether oxygens (including phenoxy) is 1. The van der Waals surface area contributed by atoms with Crippen LogP contribution < -0.4 is 10.5 Å². The highest BCUT2D eigenvalue weighted by Crippen LogP contribution is 2.34. The van der Waals surface area contributed by atoms with Gasteiger partial charge in [0.05, 0.1) is 23.1 Å². The fourth-order valence-electron chi connectivity index (χ4n) is 1.30. The molecule has 2 N–H and O–H groups in total. The number of nitrogens with two attached hydrogens (primary N) is 1. The van der Waals surface area contributed by atoms with Crippen LogP contribution in [0.4, 0.5) is 11.4 Å². The van der Waals surface area contributed by atoms with Crippen LogP contribution in [0.15, 0.2) is 12.1 Å². The van der Waals surface area contributed by atoms with Crippen LogP contribution in [0.1, 0.15) is 10.4 Å². The van der Waals surface area contributed by atoms with E-state index in [0.29, 0.717) is 0 Å². The van der Waals surface area contributed by atoms with E-state index in [1.54, 1.807) is 0 Å². The standard InChI is InChI=1S/C9H9BrN2O4/c1-16-9-5(11)2-3-6(12(14)15)8(9)7(13)4-10/h2-3H,4,11H2,1H3. The van der Waals surface area contributed by atoms with Gasteiger partial charge < -0.3 is 10.5 Å². The third-order valence-electron chi connectivity index (χ3n) is 1.97. The van der Waals surface area contributed by atoms with Gasteiger partial charge >= 0.3 is 0 Å². The Hall–Kier alpha value is -1.63. The minimum absolute atomic E-state index is 0.0341. The van der Waals surface area contributed by atoms with Gasteiger partial charge in [0.15, 0.2) is 11.5 Å². The Morgan fingerprint density at radius 3 is 2.69 bits per heavy atom. The highest BCUT2D eigenvalue weighted by molar-refractivity contribution is 9.09. The van der Waals surface area contributed by atoms with Crippen LogP contribution in [0, 0.1) is 10.1 Å². The molecule has 0 atom stereocenters. The van der Waals surface area contributed by atoms with Crippen molar-refractivity contribution in [3.05, 3.63) is 27.8 Å². The Bertz CT molecular complexity index is 447. The summed E-state index contributed by atoms with van der Waals surface area (Å²) in [7, 11) is 1.31. The van der Waals surface area contributed by atoms with Crippen LogP contribution in [0.3, 0.4) is 0 Å². The molecule has 6 nitrogen and oxygen atoms in total. The number of nitrogens with zero attached hydrogens (tertiary/aromatic N) is 1. The fraction of sp³-hybridized carbons (Fsp3) is 0.222. The zero-order valence-electron chi connectivity index (χ0n) is 8.40. The first-order valence-corrected chi connectivity index (χ1v) is 5.35. The first kappa shape index (κ1) is 12.4. The van der Waals surface area contributed by atoms with E-state index in [9.17, 15) is 14.9 Å². The molecular weight excluding hydrogens is 280 g/mol. The fourth-order valence-corrected chi connectivity index (χ4v) is 1.58. The average molecular weight is 289 g/mol. The van der Waals surface area contributed by atoms with Gasteiger partial charge in [-0.05, 0) is 6.07 Å². The van der Waals surface area contributed by atoms with Crippen LogP contribution in [0.5, 0.6) is 5.75 Å². The lowest BCUT2D eigenvalue weighted by molar-refractivity contribution is -0.385. The van der Waals surface area contributed by atoms with Gasteiger partial charge in [0.1, 0.15) is 5.56 Å². The molecule has 1 aromatic rings. The summed E-state index contributed by atoms with van der Waals surface area (Å²) in [6.07, 6.45) is 0. The van der Waals surface area contributed by atoms with Crippen LogP contribution in [-0.2, 0) is 0 Å². The molecule has 0 aliphatic heterocycles. The van der Waals surface area contributed by atoms with Crippen LogP contribution >= 0.6 is 15.9 Å². The number of benzene rings is 1. The predicted molar refractivity (Wildman–Crippen MR) is 62.2 cm³/mol. The molecule has 0 saturated heterocycles. The van der Waals surface area contributed by atoms with Gasteiger partial charge in [0.25, 0.3) is 5.69 Å². The highest BCUT2D eigenvalue weighted by atomic mass is 79.9. The number of carbonyl (C=O) groups is 1. The summed E-state index contributed by atoms with van der Waals surface area (Å²) in [5.41, 5.74) is 5.35. The van der Waals surface area contributed by atoms with Crippen LogP contribution in [0.2, 0.25) is 0 Å². The molecular formula is C9H9BrN2O4. The zero-order chi connectivity index (χ0) is 12.3. The second-order valence-electron chi connectivity index (χ2n) is 2.90. The third kappa shape index (κ3) is 2.13. The minimum atomic E-state index is -0.641. The molecule has 0 aliphatic carbocycles. The molecule has 0 aromatic heterocycles. The summed E-state index contributed by atoms with van der Waals surface area (Å²) < 4.78 is 4.92. The zero-order valence-corrected chi connectivity index (χ0v) is 9.98. The molecule has 0 saturated carbocycles. The maximum atomic E-state index is 11.6. The lowest BCUT2D eigenvalue weighted by atomic mass is 10.1. The maximum Gasteiger partial charge on any atom is 0.284 e. The Labute approximate surface area is 99.7 Å². The second kappa shape index (κ2) is 4.93. The highest BCUT2D eigenvalue weighted by Gasteiger charge is 2.25. The number of rotatable bonds is 4. The molecule has 7 heteroatoms. The molecule has 1 rings (SSSR count). The van der Waals surface area contributed by atoms with Crippen molar-refractivity contribution in [1.29, 1.82) is 0 Å². The SMILES string of the molecule is COc1c(N)ccc([N+](=O)[O-])c1C(=O)CBr. The Balaban J connectivity index is 3.53. The normalized spacial score (nSPS) is 9.88. The quantitative estimate of drug-likeness (QED) is 0.299. The number of nitro benzene ring substituents is 1. The first-order valence-electron chi connectivity index (χ1n) is 4.23. The summed E-state index contributed by atoms with van der Waals surface area (Å²) >= 11 is 2.95. The molecule has 0 aliphatic rings. The average Bonchev–Trinajstić information content (AvgIpc) is 2.27. The Morgan fingerprint density at radius 1 is 1.62 bits per heavy atom. The van der Waals surface area contributed by atoms with Gasteiger partial charge in [-0.25, -0.2) is 0 Å². The molecule has 0 bridgehead atoms. The Kier molecular flexibility index (Phi) is 3.83. The lowest BCUT2D eigenvalue weighted by Gasteiger charge is -2.09. The van der Waals surface area contributed by atoms with E-state index in [-0.39, 0.29) is 28.0 Å². The summed E-state index contributed by atoms with van der Waals surface area (Å²) in [6, 6.07) is 2.52. The number of ketones is 1. The van der Waals surface area contributed by atoms with E-state index in [1.165, 1.54) is 19.2 Å². The van der Waals surface area contributed by atoms with Crippen molar-refractivity contribution in [2.75, 3.05) is 18.2 Å². The van der Waals surface area contributed by atoms with E-state index in [4.69, 9.17) is 10.5 Å². The molecule has 16 heavy (non-hydrogen) atoms. The first-order chi connectivity index (χ1) is 7.52. The molecule has 1 aromatic carbocycles. The number of hydrogen-bond acceptors (Lipinski definition) is 5. The molecule has 0 spiro atoms. The third-order valence-corrected chi connectivity index (χ3v) is 2.48. The van der Waals surface area contributed by atoms with Crippen molar-refractivity contribution in [2.45, 2.75) is 0 Å². The van der Waals surface area contributed by atoms with Crippen molar-refractivity contribution in [3.8, 4) is 5.75 Å². The molecule has 86 valence electrons. The van der Waals surface area contributed by atoms with Crippen molar-refractivity contribution in [3.63, 3.8) is 0 Å².